The Balaban J connectivity index is 2.18. The van der Waals surface area contributed by atoms with Crippen molar-refractivity contribution in [2.24, 2.45) is 0 Å². The van der Waals surface area contributed by atoms with Gasteiger partial charge < -0.3 is 5.32 Å². The molecule has 1 aliphatic heterocycles. The third-order valence-electron chi connectivity index (χ3n) is 3.08. The molecule has 2 unspecified atom stereocenters. The van der Waals surface area contributed by atoms with Crippen molar-refractivity contribution in [2.75, 3.05) is 24.3 Å². The van der Waals surface area contributed by atoms with E-state index in [0.717, 1.165) is 5.56 Å². The van der Waals surface area contributed by atoms with E-state index in [0.29, 0.717) is 23.6 Å². The first-order valence-electron chi connectivity index (χ1n) is 5.86. The van der Waals surface area contributed by atoms with Gasteiger partial charge in [-0.3, -0.25) is 4.21 Å². The van der Waals surface area contributed by atoms with Crippen molar-refractivity contribution < 1.29 is 12.6 Å². The molecule has 0 aliphatic carbocycles. The maximum absolute atomic E-state index is 11.9. The molecule has 6 heteroatoms. The van der Waals surface area contributed by atoms with Crippen LogP contribution in [0.4, 0.5) is 0 Å². The van der Waals surface area contributed by atoms with E-state index in [1.54, 1.807) is 18.4 Å². The summed E-state index contributed by atoms with van der Waals surface area (Å²) in [4.78, 5) is 0.436. The van der Waals surface area contributed by atoms with Gasteiger partial charge in [-0.05, 0) is 18.1 Å². The predicted octanol–water partition coefficient (Wildman–Crippen LogP) is 0.873. The molecule has 0 saturated carbocycles. The van der Waals surface area contributed by atoms with Crippen molar-refractivity contribution in [3.8, 4) is 0 Å². The van der Waals surface area contributed by atoms with Crippen molar-refractivity contribution >= 4 is 20.6 Å². The van der Waals surface area contributed by atoms with Crippen LogP contribution in [0, 0.1) is 0 Å². The number of nitrogens with one attached hydrogen (secondary N) is 1. The van der Waals surface area contributed by atoms with Crippen LogP contribution in [0.5, 0.6) is 0 Å². The van der Waals surface area contributed by atoms with E-state index in [1.165, 1.54) is 0 Å². The first-order chi connectivity index (χ1) is 8.50. The number of hydrogen-bond acceptors (Lipinski definition) is 4. The summed E-state index contributed by atoms with van der Waals surface area (Å²) in [7, 11) is -3.94. The molecular formula is C12H17NO3S2. The Morgan fingerprint density at radius 3 is 2.83 bits per heavy atom. The zero-order valence-corrected chi connectivity index (χ0v) is 11.9. The van der Waals surface area contributed by atoms with Crippen LogP contribution in [0.1, 0.15) is 18.0 Å². The molecule has 0 bridgehead atoms. The molecule has 1 heterocycles. The Morgan fingerprint density at radius 1 is 1.39 bits per heavy atom. The maximum atomic E-state index is 11.9. The normalized spacial score (nSPS) is 23.3. The Morgan fingerprint density at radius 2 is 2.11 bits per heavy atom. The van der Waals surface area contributed by atoms with Gasteiger partial charge in [0.05, 0.1) is 10.6 Å². The summed E-state index contributed by atoms with van der Waals surface area (Å²) in [6.07, 6.45) is 2.25. The van der Waals surface area contributed by atoms with Crippen LogP contribution in [-0.2, 0) is 20.6 Å². The Bertz CT molecular complexity index is 554. The lowest BCUT2D eigenvalue weighted by Crippen LogP contribution is -2.31. The molecule has 1 aliphatic rings. The van der Waals surface area contributed by atoms with Gasteiger partial charge in [0.1, 0.15) is 0 Å². The van der Waals surface area contributed by atoms with Gasteiger partial charge in [0, 0.05) is 35.4 Å². The number of benzene rings is 1. The number of fused-ring (bicyclic) bond motifs is 1. The smallest absolute Gasteiger partial charge is 0.178 e. The van der Waals surface area contributed by atoms with Crippen LogP contribution in [0.2, 0.25) is 0 Å². The van der Waals surface area contributed by atoms with Crippen LogP contribution >= 0.6 is 0 Å². The first-order valence-corrected chi connectivity index (χ1v) is 9.24. The molecule has 0 radical (unpaired) electrons. The molecule has 0 spiro atoms. The van der Waals surface area contributed by atoms with Crippen molar-refractivity contribution in [3.63, 3.8) is 0 Å². The molecule has 2 rings (SSSR count). The number of rotatable bonds is 4. The van der Waals surface area contributed by atoms with Crippen molar-refractivity contribution in [2.45, 2.75) is 17.4 Å². The van der Waals surface area contributed by atoms with E-state index < -0.39 is 20.6 Å². The van der Waals surface area contributed by atoms with Gasteiger partial charge in [-0.1, -0.05) is 18.2 Å². The summed E-state index contributed by atoms with van der Waals surface area (Å²) in [5, 5.41) is 3.29. The van der Waals surface area contributed by atoms with Gasteiger partial charge >= 0.3 is 0 Å². The lowest BCUT2D eigenvalue weighted by atomic mass is 10.0. The second kappa shape index (κ2) is 5.50. The molecule has 18 heavy (non-hydrogen) atoms. The van der Waals surface area contributed by atoms with Crippen LogP contribution in [0.3, 0.4) is 0 Å². The van der Waals surface area contributed by atoms with Crippen molar-refractivity contribution in [1.29, 1.82) is 0 Å². The van der Waals surface area contributed by atoms with Crippen molar-refractivity contribution in [1.82, 2.24) is 5.32 Å². The zero-order chi connectivity index (χ0) is 13.2. The Labute approximate surface area is 110 Å². The van der Waals surface area contributed by atoms with Gasteiger partial charge in [0.2, 0.25) is 0 Å². The fourth-order valence-corrected chi connectivity index (χ4v) is 4.21. The molecular weight excluding hydrogens is 270 g/mol. The molecule has 4 nitrogen and oxygen atoms in total. The average Bonchev–Trinajstić information content (AvgIpc) is 2.32. The summed E-state index contributed by atoms with van der Waals surface area (Å²) in [5.74, 6) is 0.766. The lowest BCUT2D eigenvalue weighted by molar-refractivity contribution is 0.505. The predicted molar refractivity (Wildman–Crippen MR) is 72.8 cm³/mol. The minimum Gasteiger partial charge on any atom is -0.309 e. The summed E-state index contributed by atoms with van der Waals surface area (Å²) in [5.41, 5.74) is 0.839. The fraction of sp³-hybridized carbons (Fsp3) is 0.500. The second-order valence-electron chi connectivity index (χ2n) is 4.43. The highest BCUT2D eigenvalue weighted by Crippen LogP contribution is 2.31. The van der Waals surface area contributed by atoms with E-state index in [1.807, 2.05) is 12.1 Å². The third-order valence-corrected chi connectivity index (χ3v) is 5.68. The molecule has 0 aromatic heterocycles. The van der Waals surface area contributed by atoms with Gasteiger partial charge in [0.25, 0.3) is 0 Å². The minimum absolute atomic E-state index is 0.0493. The quantitative estimate of drug-likeness (QED) is 0.892. The molecule has 1 aromatic rings. The van der Waals surface area contributed by atoms with Crippen LogP contribution in [0.25, 0.3) is 0 Å². The topological polar surface area (TPSA) is 63.2 Å². The van der Waals surface area contributed by atoms with Gasteiger partial charge in [-0.15, -0.1) is 0 Å². The van der Waals surface area contributed by atoms with E-state index >= 15 is 0 Å². The van der Waals surface area contributed by atoms with Crippen LogP contribution in [-0.4, -0.2) is 36.9 Å². The second-order valence-corrected chi connectivity index (χ2v) is 8.06. The largest absolute Gasteiger partial charge is 0.309 e. The highest BCUT2D eigenvalue weighted by molar-refractivity contribution is 7.91. The molecule has 100 valence electrons. The molecule has 0 amide bonds. The van der Waals surface area contributed by atoms with Gasteiger partial charge in [-0.25, -0.2) is 8.42 Å². The summed E-state index contributed by atoms with van der Waals surface area (Å²) >= 11 is 0. The van der Waals surface area contributed by atoms with E-state index in [-0.39, 0.29) is 11.8 Å². The molecule has 1 N–H and O–H groups in total. The van der Waals surface area contributed by atoms with E-state index in [2.05, 4.69) is 5.32 Å². The molecule has 1 aromatic carbocycles. The van der Waals surface area contributed by atoms with E-state index in [9.17, 15) is 12.6 Å². The monoisotopic (exact) mass is 287 g/mol. The fourth-order valence-electron chi connectivity index (χ4n) is 2.18. The van der Waals surface area contributed by atoms with Crippen LogP contribution < -0.4 is 5.32 Å². The number of sulfone groups is 1. The molecule has 0 saturated heterocycles. The molecule has 0 fully saturated rings. The highest BCUT2D eigenvalue weighted by atomic mass is 32.2. The lowest BCUT2D eigenvalue weighted by Gasteiger charge is -2.26. The molecule has 2 atom stereocenters. The highest BCUT2D eigenvalue weighted by Gasteiger charge is 2.29. The summed E-state index contributed by atoms with van der Waals surface area (Å²) < 4.78 is 34.9. The average molecular weight is 287 g/mol. The summed E-state index contributed by atoms with van der Waals surface area (Å²) in [6, 6.07) is 7.17. The summed E-state index contributed by atoms with van der Waals surface area (Å²) in [6.45, 7) is 0.641. The Kier molecular flexibility index (Phi) is 4.19. The standard InChI is InChI=1S/C12H17NO3S2/c1-17(14)8-7-13-11-6-9-18(15,16)12-5-3-2-4-10(11)12/h2-5,11,13H,6-9H2,1H3. The first kappa shape index (κ1) is 13.7. The maximum Gasteiger partial charge on any atom is 0.178 e. The van der Waals surface area contributed by atoms with Crippen molar-refractivity contribution in [3.05, 3.63) is 29.8 Å². The van der Waals surface area contributed by atoms with Gasteiger partial charge in [-0.2, -0.15) is 0 Å². The van der Waals surface area contributed by atoms with E-state index in [4.69, 9.17) is 0 Å². The minimum atomic E-state index is -3.12. The Hall–Kier alpha value is -0.720. The number of hydrogen-bond donors (Lipinski definition) is 1. The zero-order valence-electron chi connectivity index (χ0n) is 10.3. The SMILES string of the molecule is CS(=O)CCNC1CCS(=O)(=O)c2ccccc21. The van der Waals surface area contributed by atoms with Crippen LogP contribution in [0.15, 0.2) is 29.2 Å². The van der Waals surface area contributed by atoms with Gasteiger partial charge in [0.15, 0.2) is 9.84 Å². The third kappa shape index (κ3) is 2.99.